The van der Waals surface area contributed by atoms with Crippen LogP contribution in [-0.4, -0.2) is 38.0 Å². The maximum Gasteiger partial charge on any atom is 0.178 e. The summed E-state index contributed by atoms with van der Waals surface area (Å²) < 4.78 is 15.2. The molecule has 0 N–H and O–H groups in total. The Labute approximate surface area is 146 Å². The molecule has 0 atom stereocenters. The second-order valence-corrected chi connectivity index (χ2v) is 6.37. The van der Waals surface area contributed by atoms with E-state index in [2.05, 4.69) is 28.5 Å². The number of fused-ring (bicyclic) bond motifs is 3. The summed E-state index contributed by atoms with van der Waals surface area (Å²) in [6.45, 7) is 7.40. The Hall–Kier alpha value is -2.83. The Kier molecular flexibility index (Phi) is 3.71. The van der Waals surface area contributed by atoms with Crippen molar-refractivity contribution in [2.45, 2.75) is 33.4 Å². The lowest BCUT2D eigenvalue weighted by molar-refractivity contribution is 0.304. The molecule has 0 spiro atoms. The van der Waals surface area contributed by atoms with Crippen molar-refractivity contribution in [3.8, 4) is 34.4 Å². The molecular formula is C18H21N5O2. The minimum atomic E-state index is 0.220. The third-order valence-electron chi connectivity index (χ3n) is 4.25. The van der Waals surface area contributed by atoms with Crippen LogP contribution in [0, 0.1) is 6.92 Å². The zero-order chi connectivity index (χ0) is 17.6. The van der Waals surface area contributed by atoms with Gasteiger partial charge in [0.2, 0.25) is 0 Å². The SMILES string of the molecule is COc1ccc2c(c1)OCCn1cc(-c3nc(C)nn3C(C)C)nc1-2. The molecular weight excluding hydrogens is 318 g/mol. The molecule has 0 bridgehead atoms. The Balaban J connectivity index is 1.84. The van der Waals surface area contributed by atoms with Gasteiger partial charge in [-0.3, -0.25) is 0 Å². The molecule has 3 heterocycles. The molecule has 130 valence electrons. The topological polar surface area (TPSA) is 67.0 Å². The van der Waals surface area contributed by atoms with E-state index in [0.717, 1.165) is 46.8 Å². The van der Waals surface area contributed by atoms with Gasteiger partial charge in [-0.05, 0) is 32.9 Å². The number of benzene rings is 1. The molecule has 1 aliphatic rings. The predicted molar refractivity (Wildman–Crippen MR) is 93.8 cm³/mol. The first kappa shape index (κ1) is 15.7. The van der Waals surface area contributed by atoms with E-state index >= 15 is 0 Å². The molecule has 3 aromatic rings. The van der Waals surface area contributed by atoms with E-state index in [9.17, 15) is 0 Å². The molecule has 0 unspecified atom stereocenters. The van der Waals surface area contributed by atoms with Crippen LogP contribution in [0.15, 0.2) is 24.4 Å². The molecule has 0 amide bonds. The lowest BCUT2D eigenvalue weighted by atomic mass is 10.2. The van der Waals surface area contributed by atoms with Crippen LogP contribution in [0.1, 0.15) is 25.7 Å². The van der Waals surface area contributed by atoms with Crippen LogP contribution in [-0.2, 0) is 6.54 Å². The van der Waals surface area contributed by atoms with E-state index in [4.69, 9.17) is 14.5 Å². The van der Waals surface area contributed by atoms with E-state index in [1.807, 2.05) is 36.0 Å². The largest absolute Gasteiger partial charge is 0.497 e. The predicted octanol–water partition coefficient (Wildman–Crippen LogP) is 3.10. The van der Waals surface area contributed by atoms with Gasteiger partial charge in [-0.2, -0.15) is 5.10 Å². The zero-order valence-electron chi connectivity index (χ0n) is 14.9. The number of hydrogen-bond acceptors (Lipinski definition) is 5. The Morgan fingerprint density at radius 1 is 1.20 bits per heavy atom. The highest BCUT2D eigenvalue weighted by Crippen LogP contribution is 2.36. The summed E-state index contributed by atoms with van der Waals surface area (Å²) in [5, 5.41) is 4.49. The third kappa shape index (κ3) is 2.65. The lowest BCUT2D eigenvalue weighted by Crippen LogP contribution is -2.06. The van der Waals surface area contributed by atoms with Crippen molar-refractivity contribution in [3.63, 3.8) is 0 Å². The Morgan fingerprint density at radius 3 is 2.80 bits per heavy atom. The van der Waals surface area contributed by atoms with Crippen LogP contribution >= 0.6 is 0 Å². The van der Waals surface area contributed by atoms with E-state index in [1.165, 1.54) is 0 Å². The summed E-state index contributed by atoms with van der Waals surface area (Å²) in [5.41, 5.74) is 1.78. The first-order chi connectivity index (χ1) is 12.1. The van der Waals surface area contributed by atoms with Crippen molar-refractivity contribution in [2.75, 3.05) is 13.7 Å². The molecule has 25 heavy (non-hydrogen) atoms. The van der Waals surface area contributed by atoms with Gasteiger partial charge in [0.15, 0.2) is 5.82 Å². The minimum absolute atomic E-state index is 0.220. The molecule has 1 aliphatic heterocycles. The van der Waals surface area contributed by atoms with Crippen molar-refractivity contribution in [1.29, 1.82) is 0 Å². The van der Waals surface area contributed by atoms with Gasteiger partial charge in [-0.1, -0.05) is 0 Å². The van der Waals surface area contributed by atoms with E-state index in [0.29, 0.717) is 6.61 Å². The van der Waals surface area contributed by atoms with E-state index in [-0.39, 0.29) is 6.04 Å². The van der Waals surface area contributed by atoms with E-state index < -0.39 is 0 Å². The van der Waals surface area contributed by atoms with Gasteiger partial charge in [-0.25, -0.2) is 14.6 Å². The molecule has 7 nitrogen and oxygen atoms in total. The first-order valence-corrected chi connectivity index (χ1v) is 8.38. The van der Waals surface area contributed by atoms with Crippen LogP contribution in [0.4, 0.5) is 0 Å². The van der Waals surface area contributed by atoms with E-state index in [1.54, 1.807) is 7.11 Å². The Morgan fingerprint density at radius 2 is 2.04 bits per heavy atom. The smallest absolute Gasteiger partial charge is 0.178 e. The van der Waals surface area contributed by atoms with Gasteiger partial charge in [0.25, 0.3) is 0 Å². The molecule has 7 heteroatoms. The molecule has 0 aliphatic carbocycles. The van der Waals surface area contributed by atoms with Crippen LogP contribution < -0.4 is 9.47 Å². The van der Waals surface area contributed by atoms with Gasteiger partial charge < -0.3 is 14.0 Å². The summed E-state index contributed by atoms with van der Waals surface area (Å²) in [4.78, 5) is 9.43. The number of methoxy groups -OCH3 is 1. The highest BCUT2D eigenvalue weighted by molar-refractivity contribution is 5.69. The minimum Gasteiger partial charge on any atom is -0.497 e. The summed E-state index contributed by atoms with van der Waals surface area (Å²) in [7, 11) is 1.65. The number of rotatable bonds is 3. The number of nitrogens with zero attached hydrogens (tertiary/aromatic N) is 5. The van der Waals surface area contributed by atoms with Gasteiger partial charge in [0, 0.05) is 18.3 Å². The van der Waals surface area contributed by atoms with Gasteiger partial charge in [0.05, 0.1) is 19.2 Å². The molecule has 4 rings (SSSR count). The van der Waals surface area contributed by atoms with Crippen molar-refractivity contribution < 1.29 is 9.47 Å². The highest BCUT2D eigenvalue weighted by Gasteiger charge is 2.22. The molecule has 0 saturated heterocycles. The standard InChI is InChI=1S/C18H21N5O2/c1-11(2)23-18(19-12(3)21-23)15-10-22-7-8-25-16-9-13(24-4)5-6-14(16)17(22)20-15/h5-6,9-11H,7-8H2,1-4H3. The molecule has 0 radical (unpaired) electrons. The number of ether oxygens (including phenoxy) is 2. The van der Waals surface area contributed by atoms with Crippen LogP contribution in [0.25, 0.3) is 22.9 Å². The fourth-order valence-corrected chi connectivity index (χ4v) is 3.06. The zero-order valence-corrected chi connectivity index (χ0v) is 14.9. The molecule has 0 fully saturated rings. The Bertz CT molecular complexity index is 926. The molecule has 1 aromatic carbocycles. The van der Waals surface area contributed by atoms with Crippen molar-refractivity contribution in [2.24, 2.45) is 0 Å². The lowest BCUT2D eigenvalue weighted by Gasteiger charge is -2.08. The third-order valence-corrected chi connectivity index (χ3v) is 4.25. The summed E-state index contributed by atoms with van der Waals surface area (Å²) >= 11 is 0. The molecule has 2 aromatic heterocycles. The van der Waals surface area contributed by atoms with Crippen molar-refractivity contribution >= 4 is 0 Å². The highest BCUT2D eigenvalue weighted by atomic mass is 16.5. The summed E-state index contributed by atoms with van der Waals surface area (Å²) in [6.07, 6.45) is 2.03. The maximum absolute atomic E-state index is 5.87. The second kappa shape index (κ2) is 5.91. The fraction of sp³-hybridized carbons (Fsp3) is 0.389. The number of imidazole rings is 1. The van der Waals surface area contributed by atoms with Crippen molar-refractivity contribution in [3.05, 3.63) is 30.2 Å². The average molecular weight is 339 g/mol. The van der Waals surface area contributed by atoms with Crippen LogP contribution in [0.5, 0.6) is 11.5 Å². The quantitative estimate of drug-likeness (QED) is 0.733. The first-order valence-electron chi connectivity index (χ1n) is 8.38. The van der Waals surface area contributed by atoms with Crippen LogP contribution in [0.3, 0.4) is 0 Å². The fourth-order valence-electron chi connectivity index (χ4n) is 3.06. The summed E-state index contributed by atoms with van der Waals surface area (Å²) in [6, 6.07) is 6.03. The van der Waals surface area contributed by atoms with Crippen molar-refractivity contribution in [1.82, 2.24) is 24.3 Å². The second-order valence-electron chi connectivity index (χ2n) is 6.37. The number of aryl methyl sites for hydroxylation is 1. The molecule has 0 saturated carbocycles. The maximum atomic E-state index is 5.87. The number of hydrogen-bond donors (Lipinski definition) is 0. The number of aromatic nitrogens is 5. The monoisotopic (exact) mass is 339 g/mol. The van der Waals surface area contributed by atoms with Gasteiger partial charge in [-0.15, -0.1) is 0 Å². The van der Waals surface area contributed by atoms with Crippen LogP contribution in [0.2, 0.25) is 0 Å². The summed E-state index contributed by atoms with van der Waals surface area (Å²) in [5.74, 6) is 3.98. The van der Waals surface area contributed by atoms with Gasteiger partial charge >= 0.3 is 0 Å². The normalized spacial score (nSPS) is 13.2. The van der Waals surface area contributed by atoms with Gasteiger partial charge in [0.1, 0.15) is 35.4 Å². The average Bonchev–Trinajstić information content (AvgIpc) is 3.14.